The normalized spacial score (nSPS) is 15.1. The lowest BCUT2D eigenvalue weighted by atomic mass is 9.95. The van der Waals surface area contributed by atoms with E-state index in [0.29, 0.717) is 0 Å². The molecule has 1 aromatic carbocycles. The van der Waals surface area contributed by atoms with E-state index < -0.39 is 10.8 Å². The number of nitrogens with one attached hydrogen (secondary N) is 1. The predicted octanol–water partition coefficient (Wildman–Crippen LogP) is 4.86. The van der Waals surface area contributed by atoms with Gasteiger partial charge in [-0.05, 0) is 37.1 Å². The first-order chi connectivity index (χ1) is 13.5. The summed E-state index contributed by atoms with van der Waals surface area (Å²) < 4.78 is 5.62. The average Bonchev–Trinajstić information content (AvgIpc) is 3.15. The number of carbonyl (C=O) groups excluding carboxylic acids is 1. The first-order valence-corrected chi connectivity index (χ1v) is 9.32. The number of benzene rings is 1. The molecule has 8 heteroatoms. The second-order valence-electron chi connectivity index (χ2n) is 6.60. The Labute approximate surface area is 166 Å². The standard InChI is InChI=1S/C20H18ClN3O4/c21-14-6-8-17(18(11-14)24(26)27)19-9-7-16(28-19)10-13(12-22)20(25)23-15-4-2-1-3-5-15/h6-11,15H,1-5H2,(H,23,25). The molecule has 0 bridgehead atoms. The molecule has 1 N–H and O–H groups in total. The van der Waals surface area contributed by atoms with E-state index in [4.69, 9.17) is 16.0 Å². The van der Waals surface area contributed by atoms with Crippen molar-refractivity contribution >= 4 is 29.3 Å². The lowest BCUT2D eigenvalue weighted by Crippen LogP contribution is -2.36. The van der Waals surface area contributed by atoms with Crippen LogP contribution in [0.2, 0.25) is 5.02 Å². The Balaban J connectivity index is 1.82. The molecular formula is C20H18ClN3O4. The number of furan rings is 1. The molecule has 0 saturated heterocycles. The van der Waals surface area contributed by atoms with Crippen LogP contribution in [0.25, 0.3) is 17.4 Å². The van der Waals surface area contributed by atoms with Crippen molar-refractivity contribution < 1.29 is 14.1 Å². The quantitative estimate of drug-likeness (QED) is 0.334. The van der Waals surface area contributed by atoms with Gasteiger partial charge in [0.05, 0.1) is 10.5 Å². The maximum absolute atomic E-state index is 12.4. The van der Waals surface area contributed by atoms with E-state index >= 15 is 0 Å². The van der Waals surface area contributed by atoms with Gasteiger partial charge in [0.25, 0.3) is 11.6 Å². The number of carbonyl (C=O) groups is 1. The molecule has 0 unspecified atom stereocenters. The average molecular weight is 400 g/mol. The van der Waals surface area contributed by atoms with E-state index in [-0.39, 0.29) is 39.4 Å². The van der Waals surface area contributed by atoms with Crippen LogP contribution in [0.1, 0.15) is 37.9 Å². The number of halogens is 1. The van der Waals surface area contributed by atoms with Gasteiger partial charge in [-0.3, -0.25) is 14.9 Å². The SMILES string of the molecule is N#CC(=Cc1ccc(-c2ccc(Cl)cc2[N+](=O)[O-])o1)C(=O)NC1CCCCC1. The van der Waals surface area contributed by atoms with E-state index in [2.05, 4.69) is 5.32 Å². The Hall–Kier alpha value is -3.11. The number of nitro benzene ring substituents is 1. The summed E-state index contributed by atoms with van der Waals surface area (Å²) in [5.74, 6) is 0.0685. The molecule has 1 fully saturated rings. The minimum Gasteiger partial charge on any atom is -0.456 e. The molecule has 144 valence electrons. The van der Waals surface area contributed by atoms with Crippen molar-refractivity contribution in [2.75, 3.05) is 0 Å². The summed E-state index contributed by atoms with van der Waals surface area (Å²) in [6, 6.07) is 9.35. The van der Waals surface area contributed by atoms with Crippen molar-refractivity contribution in [1.82, 2.24) is 5.32 Å². The third-order valence-electron chi connectivity index (χ3n) is 4.64. The Morgan fingerprint density at radius 2 is 2.04 bits per heavy atom. The molecule has 2 aromatic rings. The number of hydrogen-bond donors (Lipinski definition) is 1. The van der Waals surface area contributed by atoms with Crippen LogP contribution < -0.4 is 5.32 Å². The van der Waals surface area contributed by atoms with Gasteiger partial charge in [0.2, 0.25) is 0 Å². The van der Waals surface area contributed by atoms with Gasteiger partial charge in [-0.2, -0.15) is 5.26 Å². The highest BCUT2D eigenvalue weighted by Gasteiger charge is 2.20. The van der Waals surface area contributed by atoms with Crippen LogP contribution in [-0.4, -0.2) is 16.9 Å². The number of amides is 1. The van der Waals surface area contributed by atoms with Crippen molar-refractivity contribution in [3.05, 3.63) is 56.8 Å². The van der Waals surface area contributed by atoms with Gasteiger partial charge in [0.15, 0.2) is 0 Å². The fourth-order valence-electron chi connectivity index (χ4n) is 3.24. The Bertz CT molecular complexity index is 968. The molecule has 1 aliphatic carbocycles. The van der Waals surface area contributed by atoms with Crippen molar-refractivity contribution in [2.24, 2.45) is 0 Å². The van der Waals surface area contributed by atoms with Crippen LogP contribution in [0.4, 0.5) is 5.69 Å². The van der Waals surface area contributed by atoms with Crippen molar-refractivity contribution in [3.8, 4) is 17.4 Å². The summed E-state index contributed by atoms with van der Waals surface area (Å²) in [4.78, 5) is 23.1. The first-order valence-electron chi connectivity index (χ1n) is 8.94. The van der Waals surface area contributed by atoms with E-state index in [1.165, 1.54) is 30.7 Å². The summed E-state index contributed by atoms with van der Waals surface area (Å²) in [7, 11) is 0. The summed E-state index contributed by atoms with van der Waals surface area (Å²) in [6.07, 6.45) is 6.46. The zero-order chi connectivity index (χ0) is 20.1. The monoisotopic (exact) mass is 399 g/mol. The zero-order valence-electron chi connectivity index (χ0n) is 15.0. The second-order valence-corrected chi connectivity index (χ2v) is 7.04. The van der Waals surface area contributed by atoms with Crippen LogP contribution in [0.3, 0.4) is 0 Å². The number of hydrogen-bond acceptors (Lipinski definition) is 5. The molecule has 1 amide bonds. The highest BCUT2D eigenvalue weighted by atomic mass is 35.5. The Kier molecular flexibility index (Phi) is 6.12. The van der Waals surface area contributed by atoms with Crippen LogP contribution in [0.15, 0.2) is 40.3 Å². The molecular weight excluding hydrogens is 382 g/mol. The molecule has 1 aromatic heterocycles. The van der Waals surface area contributed by atoms with Gasteiger partial charge in [-0.1, -0.05) is 30.9 Å². The number of nitriles is 1. The van der Waals surface area contributed by atoms with Crippen LogP contribution in [-0.2, 0) is 4.79 Å². The van der Waals surface area contributed by atoms with E-state index in [1.807, 2.05) is 6.07 Å². The summed E-state index contributed by atoms with van der Waals surface area (Å²) in [5.41, 5.74) is 0.00391. The summed E-state index contributed by atoms with van der Waals surface area (Å²) in [6.45, 7) is 0. The second kappa shape index (κ2) is 8.72. The first kappa shape index (κ1) is 19.6. The van der Waals surface area contributed by atoms with Crippen molar-refractivity contribution in [2.45, 2.75) is 38.1 Å². The third kappa shape index (κ3) is 4.59. The molecule has 7 nitrogen and oxygen atoms in total. The molecule has 0 aliphatic heterocycles. The molecule has 3 rings (SSSR count). The molecule has 1 aliphatic rings. The minimum absolute atomic E-state index is 0.0721. The van der Waals surface area contributed by atoms with Gasteiger partial charge >= 0.3 is 0 Å². The highest BCUT2D eigenvalue weighted by molar-refractivity contribution is 6.30. The zero-order valence-corrected chi connectivity index (χ0v) is 15.7. The number of nitro groups is 1. The number of rotatable bonds is 5. The lowest BCUT2D eigenvalue weighted by Gasteiger charge is -2.22. The van der Waals surface area contributed by atoms with Gasteiger partial charge < -0.3 is 9.73 Å². The van der Waals surface area contributed by atoms with E-state index in [9.17, 15) is 20.2 Å². The minimum atomic E-state index is -0.544. The maximum Gasteiger partial charge on any atom is 0.281 e. The highest BCUT2D eigenvalue weighted by Crippen LogP contribution is 2.33. The Morgan fingerprint density at radius 3 is 2.71 bits per heavy atom. The molecule has 0 atom stereocenters. The predicted molar refractivity (Wildman–Crippen MR) is 104 cm³/mol. The van der Waals surface area contributed by atoms with Gasteiger partial charge in [-0.15, -0.1) is 0 Å². The van der Waals surface area contributed by atoms with Crippen molar-refractivity contribution in [3.63, 3.8) is 0 Å². The van der Waals surface area contributed by atoms with Gasteiger partial charge in [0.1, 0.15) is 23.2 Å². The Morgan fingerprint density at radius 1 is 1.29 bits per heavy atom. The molecule has 28 heavy (non-hydrogen) atoms. The summed E-state index contributed by atoms with van der Waals surface area (Å²) in [5, 5.41) is 23.7. The van der Waals surface area contributed by atoms with E-state index in [1.54, 1.807) is 12.1 Å². The molecule has 1 heterocycles. The topological polar surface area (TPSA) is 109 Å². The number of nitrogens with zero attached hydrogens (tertiary/aromatic N) is 2. The lowest BCUT2D eigenvalue weighted by molar-refractivity contribution is -0.384. The van der Waals surface area contributed by atoms with Crippen LogP contribution >= 0.6 is 11.6 Å². The molecule has 0 spiro atoms. The molecule has 1 saturated carbocycles. The van der Waals surface area contributed by atoms with Crippen LogP contribution in [0, 0.1) is 21.4 Å². The third-order valence-corrected chi connectivity index (χ3v) is 4.88. The maximum atomic E-state index is 12.4. The fraction of sp³-hybridized carbons (Fsp3) is 0.300. The van der Waals surface area contributed by atoms with Crippen molar-refractivity contribution in [1.29, 1.82) is 5.26 Å². The van der Waals surface area contributed by atoms with Crippen LogP contribution in [0.5, 0.6) is 0 Å². The summed E-state index contributed by atoms with van der Waals surface area (Å²) >= 11 is 5.83. The van der Waals surface area contributed by atoms with Gasteiger partial charge in [-0.25, -0.2) is 0 Å². The van der Waals surface area contributed by atoms with Gasteiger partial charge in [0, 0.05) is 23.2 Å². The largest absolute Gasteiger partial charge is 0.456 e. The van der Waals surface area contributed by atoms with E-state index in [0.717, 1.165) is 25.7 Å². The fourth-order valence-corrected chi connectivity index (χ4v) is 3.41. The smallest absolute Gasteiger partial charge is 0.281 e. The molecule has 0 radical (unpaired) electrons.